The molecule has 0 radical (unpaired) electrons. The summed E-state index contributed by atoms with van der Waals surface area (Å²) in [7, 11) is 2.14. The minimum atomic E-state index is -0.165. The van der Waals surface area contributed by atoms with Crippen molar-refractivity contribution in [3.63, 3.8) is 0 Å². The van der Waals surface area contributed by atoms with Crippen LogP contribution in [0, 0.1) is 13.8 Å². The lowest BCUT2D eigenvalue weighted by atomic mass is 9.69. The van der Waals surface area contributed by atoms with Crippen molar-refractivity contribution >= 4 is 0 Å². The molecule has 1 aliphatic heterocycles. The van der Waals surface area contributed by atoms with Gasteiger partial charge in [-0.15, -0.1) is 0 Å². The largest absolute Gasteiger partial charge is 0.486 e. The fourth-order valence-corrected chi connectivity index (χ4v) is 5.75. The number of aromatic nitrogens is 1. The molecule has 154 valence electrons. The van der Waals surface area contributed by atoms with Crippen LogP contribution in [-0.4, -0.2) is 5.60 Å². The Kier molecular flexibility index (Phi) is 4.32. The normalized spacial score (nSPS) is 18.4. The summed E-state index contributed by atoms with van der Waals surface area (Å²) in [6.07, 6.45) is 7.23. The molecule has 0 atom stereocenters. The topological polar surface area (TPSA) is 13.1 Å². The Hall–Kier alpha value is -2.61. The van der Waals surface area contributed by atoms with Crippen molar-refractivity contribution in [2.45, 2.75) is 64.4 Å². The molecule has 1 saturated carbocycles. The second-order valence-electron chi connectivity index (χ2n) is 9.81. The van der Waals surface area contributed by atoms with Crippen LogP contribution in [-0.2, 0) is 12.5 Å². The maximum atomic E-state index is 6.80. The predicted molar refractivity (Wildman–Crippen MR) is 123 cm³/mol. The van der Waals surface area contributed by atoms with Gasteiger partial charge in [0.15, 0.2) is 6.20 Å². The number of rotatable bonds is 2. The number of hydrogen-bond acceptors (Lipinski definition) is 1. The van der Waals surface area contributed by atoms with E-state index in [2.05, 4.69) is 94.0 Å². The van der Waals surface area contributed by atoms with Gasteiger partial charge in [-0.3, -0.25) is 0 Å². The fourth-order valence-electron chi connectivity index (χ4n) is 5.75. The average Bonchev–Trinajstić information content (AvgIpc) is 3.28. The van der Waals surface area contributed by atoms with Crippen molar-refractivity contribution in [2.24, 2.45) is 7.05 Å². The van der Waals surface area contributed by atoms with Gasteiger partial charge >= 0.3 is 0 Å². The van der Waals surface area contributed by atoms with Crippen LogP contribution < -0.4 is 9.30 Å². The molecule has 2 aliphatic rings. The summed E-state index contributed by atoms with van der Waals surface area (Å²) >= 11 is 0. The maximum Gasteiger partial charge on any atom is 0.216 e. The molecule has 2 aromatic carbocycles. The van der Waals surface area contributed by atoms with Crippen LogP contribution in [0.4, 0.5) is 0 Å². The van der Waals surface area contributed by atoms with E-state index in [1.165, 1.54) is 64.8 Å². The van der Waals surface area contributed by atoms with E-state index in [1.807, 2.05) is 0 Å². The predicted octanol–water partition coefficient (Wildman–Crippen LogP) is 6.44. The van der Waals surface area contributed by atoms with Gasteiger partial charge in [-0.2, -0.15) is 0 Å². The van der Waals surface area contributed by atoms with Crippen LogP contribution in [0.15, 0.2) is 54.7 Å². The van der Waals surface area contributed by atoms with Gasteiger partial charge in [0.2, 0.25) is 5.69 Å². The van der Waals surface area contributed by atoms with E-state index in [0.717, 1.165) is 5.75 Å². The van der Waals surface area contributed by atoms with E-state index in [1.54, 1.807) is 0 Å². The van der Waals surface area contributed by atoms with Gasteiger partial charge < -0.3 is 4.74 Å². The van der Waals surface area contributed by atoms with Crippen LogP contribution in [0.2, 0.25) is 0 Å². The summed E-state index contributed by atoms with van der Waals surface area (Å²) in [4.78, 5) is 0. The molecule has 0 N–H and O–H groups in total. The van der Waals surface area contributed by atoms with E-state index in [-0.39, 0.29) is 11.0 Å². The highest BCUT2D eigenvalue weighted by atomic mass is 16.5. The number of pyridine rings is 1. The quantitative estimate of drug-likeness (QED) is 0.452. The first-order chi connectivity index (χ1) is 14.3. The Morgan fingerprint density at radius 3 is 2.27 bits per heavy atom. The Bertz CT molecular complexity index is 1120. The molecule has 2 heterocycles. The first-order valence-corrected chi connectivity index (χ1v) is 11.2. The van der Waals surface area contributed by atoms with Crippen LogP contribution in [0.25, 0.3) is 22.4 Å². The molecular formula is C28H32NO+. The lowest BCUT2D eigenvalue weighted by molar-refractivity contribution is -0.660. The SMILES string of the molecule is Cc1ccc(-c2cc[n+](C)c(-c3c(C)ccc4c3OC(C)(C)C43CCCC3)c2)cc1. The second kappa shape index (κ2) is 6.70. The smallest absolute Gasteiger partial charge is 0.216 e. The number of ether oxygens (including phenoxy) is 1. The highest BCUT2D eigenvalue weighted by Gasteiger charge is 2.56. The van der Waals surface area contributed by atoms with Gasteiger partial charge in [0.05, 0.1) is 5.56 Å². The van der Waals surface area contributed by atoms with Crippen LogP contribution >= 0.6 is 0 Å². The monoisotopic (exact) mass is 398 g/mol. The fraction of sp³-hybridized carbons (Fsp3) is 0.393. The Labute approximate surface area is 180 Å². The third-order valence-electron chi connectivity index (χ3n) is 7.64. The number of nitrogens with zero attached hydrogens (tertiary/aromatic N) is 1. The van der Waals surface area contributed by atoms with Gasteiger partial charge in [-0.1, -0.05) is 54.8 Å². The average molecular weight is 399 g/mol. The number of aryl methyl sites for hydroxylation is 3. The molecule has 1 spiro atoms. The summed E-state index contributed by atoms with van der Waals surface area (Å²) < 4.78 is 9.03. The first kappa shape index (κ1) is 19.4. The molecule has 1 fully saturated rings. The zero-order chi connectivity index (χ0) is 21.1. The standard InChI is InChI=1S/C28H32NO/c1-19-8-11-21(12-9-19)22-14-17-29(5)24(18-22)25-20(2)10-13-23-26(25)30-27(3,4)28(23)15-6-7-16-28/h8-14,17-18H,6-7,15-16H2,1-5H3/q+1. The van der Waals surface area contributed by atoms with Crippen molar-refractivity contribution in [1.29, 1.82) is 0 Å². The molecule has 0 amide bonds. The molecule has 2 nitrogen and oxygen atoms in total. The van der Waals surface area contributed by atoms with E-state index >= 15 is 0 Å². The molecule has 0 bridgehead atoms. The number of hydrogen-bond donors (Lipinski definition) is 0. The number of benzene rings is 2. The summed E-state index contributed by atoms with van der Waals surface area (Å²) in [6.45, 7) is 8.93. The molecule has 3 aromatic rings. The van der Waals surface area contributed by atoms with Crippen LogP contribution in [0.3, 0.4) is 0 Å². The lowest BCUT2D eigenvalue weighted by Gasteiger charge is -2.36. The third-order valence-corrected chi connectivity index (χ3v) is 7.64. The molecule has 5 rings (SSSR count). The van der Waals surface area contributed by atoms with Gasteiger partial charge in [0.1, 0.15) is 18.4 Å². The zero-order valence-corrected chi connectivity index (χ0v) is 18.9. The van der Waals surface area contributed by atoms with Crippen molar-refractivity contribution in [3.05, 3.63) is 71.4 Å². The van der Waals surface area contributed by atoms with Gasteiger partial charge in [0, 0.05) is 23.1 Å². The Balaban J connectivity index is 1.71. The molecule has 2 heteroatoms. The van der Waals surface area contributed by atoms with E-state index in [0.29, 0.717) is 0 Å². The lowest BCUT2D eigenvalue weighted by Crippen LogP contribution is -2.44. The molecule has 0 unspecified atom stereocenters. The first-order valence-electron chi connectivity index (χ1n) is 11.2. The third kappa shape index (κ3) is 2.73. The molecule has 1 aliphatic carbocycles. The van der Waals surface area contributed by atoms with Crippen LogP contribution in [0.5, 0.6) is 5.75 Å². The Morgan fingerprint density at radius 1 is 0.867 bits per heavy atom. The highest BCUT2D eigenvalue weighted by Crippen LogP contribution is 2.59. The van der Waals surface area contributed by atoms with Crippen molar-refractivity contribution < 1.29 is 9.30 Å². The number of fused-ring (bicyclic) bond motifs is 2. The Morgan fingerprint density at radius 2 is 1.57 bits per heavy atom. The minimum absolute atomic E-state index is 0.151. The van der Waals surface area contributed by atoms with Crippen molar-refractivity contribution in [1.82, 2.24) is 0 Å². The van der Waals surface area contributed by atoms with E-state index < -0.39 is 0 Å². The maximum absolute atomic E-state index is 6.80. The highest BCUT2D eigenvalue weighted by molar-refractivity contribution is 5.77. The molecule has 0 saturated heterocycles. The van der Waals surface area contributed by atoms with Crippen molar-refractivity contribution in [3.8, 4) is 28.1 Å². The van der Waals surface area contributed by atoms with Gasteiger partial charge in [-0.05, 0) is 57.2 Å². The summed E-state index contributed by atoms with van der Waals surface area (Å²) in [6, 6.07) is 18.0. The van der Waals surface area contributed by atoms with Gasteiger partial charge in [-0.25, -0.2) is 4.57 Å². The van der Waals surface area contributed by atoms with Gasteiger partial charge in [0.25, 0.3) is 0 Å². The zero-order valence-electron chi connectivity index (χ0n) is 18.9. The van der Waals surface area contributed by atoms with E-state index in [4.69, 9.17) is 4.74 Å². The summed E-state index contributed by atoms with van der Waals surface area (Å²) in [5.41, 5.74) is 8.93. The summed E-state index contributed by atoms with van der Waals surface area (Å²) in [5.74, 6) is 1.11. The van der Waals surface area contributed by atoms with Crippen LogP contribution in [0.1, 0.15) is 56.2 Å². The molecule has 30 heavy (non-hydrogen) atoms. The second-order valence-corrected chi connectivity index (χ2v) is 9.81. The summed E-state index contributed by atoms with van der Waals surface area (Å²) in [5, 5.41) is 0. The van der Waals surface area contributed by atoms with E-state index in [9.17, 15) is 0 Å². The minimum Gasteiger partial charge on any atom is -0.486 e. The van der Waals surface area contributed by atoms with Crippen molar-refractivity contribution in [2.75, 3.05) is 0 Å². The molecular weight excluding hydrogens is 366 g/mol. The molecule has 1 aromatic heterocycles.